The summed E-state index contributed by atoms with van der Waals surface area (Å²) in [4.78, 5) is 20.4. The molecule has 0 fully saturated rings. The molecule has 1 aromatic carbocycles. The highest BCUT2D eigenvalue weighted by atomic mass is 16.5. The van der Waals surface area contributed by atoms with E-state index < -0.39 is 0 Å². The first-order chi connectivity index (χ1) is 10.7. The minimum atomic E-state index is 0.0451. The van der Waals surface area contributed by atoms with Crippen molar-refractivity contribution in [2.75, 3.05) is 37.0 Å². The predicted molar refractivity (Wildman–Crippen MR) is 86.6 cm³/mol. The van der Waals surface area contributed by atoms with Crippen LogP contribution >= 0.6 is 0 Å². The Hall–Kier alpha value is -2.56. The molecule has 1 aromatic heterocycles. The summed E-state index contributed by atoms with van der Waals surface area (Å²) >= 11 is 0. The number of carbonyl (C=O) groups excluding carboxylic acids is 1. The van der Waals surface area contributed by atoms with Crippen molar-refractivity contribution < 1.29 is 9.53 Å². The molecule has 22 heavy (non-hydrogen) atoms. The number of nitrogens with zero attached hydrogens (tertiary/aromatic N) is 3. The highest BCUT2D eigenvalue weighted by molar-refractivity contribution is 5.96. The summed E-state index contributed by atoms with van der Waals surface area (Å²) in [7, 11) is 3.34. The van der Waals surface area contributed by atoms with Crippen molar-refractivity contribution >= 4 is 17.3 Å². The lowest BCUT2D eigenvalue weighted by Crippen LogP contribution is -2.37. The van der Waals surface area contributed by atoms with Gasteiger partial charge in [-0.2, -0.15) is 0 Å². The third kappa shape index (κ3) is 2.74. The molecule has 2 heterocycles. The molecule has 3 rings (SSSR count). The summed E-state index contributed by atoms with van der Waals surface area (Å²) in [5, 5.41) is 0. The number of rotatable bonds is 4. The standard InChI is InChI=1S/C17H19N3O2/c1-19(14-7-8-16(22-2)18-11-14)17(21)12-20-10-9-13-5-3-4-6-15(13)20/h3-8,11H,9-10,12H2,1-2H3. The van der Waals surface area contributed by atoms with E-state index in [1.165, 1.54) is 5.56 Å². The zero-order valence-electron chi connectivity index (χ0n) is 12.8. The second kappa shape index (κ2) is 6.05. The normalized spacial score (nSPS) is 12.9. The minimum Gasteiger partial charge on any atom is -0.481 e. The lowest BCUT2D eigenvalue weighted by molar-refractivity contribution is -0.117. The quantitative estimate of drug-likeness (QED) is 0.867. The van der Waals surface area contributed by atoms with Crippen molar-refractivity contribution in [2.24, 2.45) is 0 Å². The number of benzene rings is 1. The molecule has 0 saturated heterocycles. The summed E-state index contributed by atoms with van der Waals surface area (Å²) in [6.07, 6.45) is 2.64. The van der Waals surface area contributed by atoms with E-state index in [0.717, 1.165) is 24.3 Å². The van der Waals surface area contributed by atoms with Gasteiger partial charge in [-0.3, -0.25) is 4.79 Å². The van der Waals surface area contributed by atoms with Crippen LogP contribution in [0.3, 0.4) is 0 Å². The summed E-state index contributed by atoms with van der Waals surface area (Å²) in [6, 6.07) is 11.8. The van der Waals surface area contributed by atoms with Crippen LogP contribution in [0.5, 0.6) is 5.88 Å². The number of anilines is 2. The fourth-order valence-electron chi connectivity index (χ4n) is 2.68. The van der Waals surface area contributed by atoms with Gasteiger partial charge in [-0.15, -0.1) is 0 Å². The number of ether oxygens (including phenoxy) is 1. The van der Waals surface area contributed by atoms with Crippen molar-refractivity contribution in [3.05, 3.63) is 48.2 Å². The van der Waals surface area contributed by atoms with Gasteiger partial charge in [-0.05, 0) is 24.1 Å². The van der Waals surface area contributed by atoms with E-state index in [4.69, 9.17) is 4.74 Å². The molecule has 5 nitrogen and oxygen atoms in total. The Bertz CT molecular complexity index is 670. The first kappa shape index (κ1) is 14.4. The topological polar surface area (TPSA) is 45.7 Å². The predicted octanol–water partition coefficient (Wildman–Crippen LogP) is 2.12. The van der Waals surface area contributed by atoms with Gasteiger partial charge in [0.05, 0.1) is 25.5 Å². The fraction of sp³-hybridized carbons (Fsp3) is 0.294. The molecule has 0 spiro atoms. The first-order valence-electron chi connectivity index (χ1n) is 7.28. The van der Waals surface area contributed by atoms with Crippen molar-refractivity contribution in [1.82, 2.24) is 4.98 Å². The molecular formula is C17H19N3O2. The Balaban J connectivity index is 1.69. The smallest absolute Gasteiger partial charge is 0.246 e. The summed E-state index contributed by atoms with van der Waals surface area (Å²) in [5.41, 5.74) is 3.24. The summed E-state index contributed by atoms with van der Waals surface area (Å²) < 4.78 is 5.03. The number of methoxy groups -OCH3 is 1. The fourth-order valence-corrected chi connectivity index (χ4v) is 2.68. The lowest BCUT2D eigenvalue weighted by Gasteiger charge is -2.23. The summed E-state index contributed by atoms with van der Waals surface area (Å²) in [5.74, 6) is 0.585. The molecule has 0 radical (unpaired) electrons. The Morgan fingerprint density at radius 1 is 1.32 bits per heavy atom. The van der Waals surface area contributed by atoms with Crippen LogP contribution < -0.4 is 14.5 Å². The monoisotopic (exact) mass is 297 g/mol. The van der Waals surface area contributed by atoms with E-state index in [1.807, 2.05) is 18.2 Å². The van der Waals surface area contributed by atoms with Crippen LogP contribution in [-0.4, -0.2) is 38.1 Å². The zero-order chi connectivity index (χ0) is 15.5. The van der Waals surface area contributed by atoms with Gasteiger partial charge in [0.1, 0.15) is 0 Å². The lowest BCUT2D eigenvalue weighted by atomic mass is 10.2. The average molecular weight is 297 g/mol. The molecule has 1 amide bonds. The van der Waals surface area contributed by atoms with Crippen LogP contribution in [-0.2, 0) is 11.2 Å². The molecule has 0 aliphatic carbocycles. The second-order valence-corrected chi connectivity index (χ2v) is 5.31. The van der Waals surface area contributed by atoms with Gasteiger partial charge < -0.3 is 14.5 Å². The molecule has 0 atom stereocenters. The average Bonchev–Trinajstić information content (AvgIpc) is 2.97. The maximum Gasteiger partial charge on any atom is 0.246 e. The molecule has 0 N–H and O–H groups in total. The number of aromatic nitrogens is 1. The van der Waals surface area contributed by atoms with Crippen LogP contribution in [0.15, 0.2) is 42.6 Å². The number of para-hydroxylation sites is 1. The van der Waals surface area contributed by atoms with Crippen molar-refractivity contribution in [3.8, 4) is 5.88 Å². The van der Waals surface area contributed by atoms with Crippen LogP contribution in [0, 0.1) is 0 Å². The molecule has 0 bridgehead atoms. The van der Waals surface area contributed by atoms with E-state index in [1.54, 1.807) is 31.3 Å². The Kier molecular flexibility index (Phi) is 3.96. The van der Waals surface area contributed by atoms with Gasteiger partial charge in [0.15, 0.2) is 0 Å². The number of hydrogen-bond donors (Lipinski definition) is 0. The van der Waals surface area contributed by atoms with E-state index in [0.29, 0.717) is 12.4 Å². The molecule has 0 unspecified atom stereocenters. The van der Waals surface area contributed by atoms with Crippen LogP contribution in [0.25, 0.3) is 0 Å². The van der Waals surface area contributed by atoms with Crippen LogP contribution in [0.4, 0.5) is 11.4 Å². The van der Waals surface area contributed by atoms with E-state index in [9.17, 15) is 4.79 Å². The molecule has 5 heteroatoms. The van der Waals surface area contributed by atoms with Crippen molar-refractivity contribution in [3.63, 3.8) is 0 Å². The Morgan fingerprint density at radius 2 is 2.14 bits per heavy atom. The van der Waals surface area contributed by atoms with Gasteiger partial charge in [-0.25, -0.2) is 4.98 Å². The number of fused-ring (bicyclic) bond motifs is 1. The van der Waals surface area contributed by atoms with Crippen molar-refractivity contribution in [2.45, 2.75) is 6.42 Å². The minimum absolute atomic E-state index is 0.0451. The van der Waals surface area contributed by atoms with E-state index in [2.05, 4.69) is 22.0 Å². The zero-order valence-corrected chi connectivity index (χ0v) is 12.8. The van der Waals surface area contributed by atoms with Gasteiger partial charge in [0.2, 0.25) is 11.8 Å². The largest absolute Gasteiger partial charge is 0.481 e. The molecule has 2 aromatic rings. The van der Waals surface area contributed by atoms with E-state index >= 15 is 0 Å². The number of pyridine rings is 1. The van der Waals surface area contributed by atoms with E-state index in [-0.39, 0.29) is 5.91 Å². The van der Waals surface area contributed by atoms with Gasteiger partial charge in [0, 0.05) is 25.3 Å². The van der Waals surface area contributed by atoms with Gasteiger partial charge in [-0.1, -0.05) is 18.2 Å². The maximum absolute atomic E-state index is 12.5. The van der Waals surface area contributed by atoms with Gasteiger partial charge in [0.25, 0.3) is 0 Å². The first-order valence-corrected chi connectivity index (χ1v) is 7.28. The highest BCUT2D eigenvalue weighted by Gasteiger charge is 2.22. The number of hydrogen-bond acceptors (Lipinski definition) is 4. The molecular weight excluding hydrogens is 278 g/mol. The number of carbonyl (C=O) groups is 1. The maximum atomic E-state index is 12.5. The molecule has 1 aliphatic rings. The molecule has 0 saturated carbocycles. The Morgan fingerprint density at radius 3 is 2.86 bits per heavy atom. The van der Waals surface area contributed by atoms with Gasteiger partial charge >= 0.3 is 0 Å². The summed E-state index contributed by atoms with van der Waals surface area (Å²) in [6.45, 7) is 1.26. The molecule has 1 aliphatic heterocycles. The third-order valence-electron chi connectivity index (χ3n) is 4.00. The number of likely N-dealkylation sites (N-methyl/N-ethyl adjacent to an activating group) is 1. The number of amides is 1. The van der Waals surface area contributed by atoms with Crippen molar-refractivity contribution in [1.29, 1.82) is 0 Å². The molecule has 114 valence electrons. The SMILES string of the molecule is COc1ccc(N(C)C(=O)CN2CCc3ccccc32)cn1. The third-order valence-corrected chi connectivity index (χ3v) is 4.00. The highest BCUT2D eigenvalue weighted by Crippen LogP contribution is 2.27. The Labute approximate surface area is 130 Å². The van der Waals surface area contributed by atoms with Crippen LogP contribution in [0.2, 0.25) is 0 Å². The van der Waals surface area contributed by atoms with Crippen LogP contribution in [0.1, 0.15) is 5.56 Å². The second-order valence-electron chi connectivity index (χ2n) is 5.31.